The SMILES string of the molecule is C1CC(NCC2CCC3CCCCC3N2)C1. The second-order valence-electron chi connectivity index (χ2n) is 6.13. The average molecular weight is 222 g/mol. The highest BCUT2D eigenvalue weighted by Gasteiger charge is 2.31. The summed E-state index contributed by atoms with van der Waals surface area (Å²) in [6, 6.07) is 2.47. The van der Waals surface area contributed by atoms with Crippen LogP contribution in [0.25, 0.3) is 0 Å². The molecule has 1 heterocycles. The Morgan fingerprint density at radius 1 is 0.875 bits per heavy atom. The molecule has 0 aromatic heterocycles. The molecule has 0 spiro atoms. The summed E-state index contributed by atoms with van der Waals surface area (Å²) in [7, 11) is 0. The van der Waals surface area contributed by atoms with Crippen molar-refractivity contribution >= 4 is 0 Å². The van der Waals surface area contributed by atoms with E-state index in [-0.39, 0.29) is 0 Å². The minimum Gasteiger partial charge on any atom is -0.312 e. The molecule has 0 radical (unpaired) electrons. The van der Waals surface area contributed by atoms with Crippen LogP contribution in [0.1, 0.15) is 57.8 Å². The number of hydrogen-bond acceptors (Lipinski definition) is 2. The first-order chi connectivity index (χ1) is 7.92. The van der Waals surface area contributed by atoms with Crippen molar-refractivity contribution in [1.29, 1.82) is 0 Å². The summed E-state index contributed by atoms with van der Waals surface area (Å²) < 4.78 is 0. The molecule has 0 bridgehead atoms. The highest BCUT2D eigenvalue weighted by Crippen LogP contribution is 2.32. The predicted octanol–water partition coefficient (Wildman–Crippen LogP) is 2.44. The monoisotopic (exact) mass is 222 g/mol. The summed E-state index contributed by atoms with van der Waals surface area (Å²) in [6.07, 6.45) is 13.0. The van der Waals surface area contributed by atoms with Gasteiger partial charge in [-0.1, -0.05) is 19.3 Å². The third kappa shape index (κ3) is 2.43. The molecule has 3 unspecified atom stereocenters. The molecule has 1 aliphatic heterocycles. The average Bonchev–Trinajstić information content (AvgIpc) is 2.27. The van der Waals surface area contributed by atoms with Crippen LogP contribution < -0.4 is 10.6 Å². The lowest BCUT2D eigenvalue weighted by Crippen LogP contribution is -2.53. The van der Waals surface area contributed by atoms with Gasteiger partial charge < -0.3 is 10.6 Å². The third-order valence-corrected chi connectivity index (χ3v) is 5.00. The Kier molecular flexibility index (Phi) is 3.49. The lowest BCUT2D eigenvalue weighted by molar-refractivity contribution is 0.169. The van der Waals surface area contributed by atoms with Crippen LogP contribution in [0.4, 0.5) is 0 Å². The molecule has 3 atom stereocenters. The molecule has 0 aromatic carbocycles. The van der Waals surface area contributed by atoms with Crippen LogP contribution in [0, 0.1) is 5.92 Å². The van der Waals surface area contributed by atoms with Gasteiger partial charge in [0.15, 0.2) is 0 Å². The van der Waals surface area contributed by atoms with E-state index < -0.39 is 0 Å². The van der Waals surface area contributed by atoms with Gasteiger partial charge in [-0.05, 0) is 44.4 Å². The molecule has 2 heteroatoms. The molecule has 2 N–H and O–H groups in total. The maximum Gasteiger partial charge on any atom is 0.0195 e. The van der Waals surface area contributed by atoms with Crippen molar-refractivity contribution in [2.45, 2.75) is 75.9 Å². The van der Waals surface area contributed by atoms with Gasteiger partial charge in [-0.2, -0.15) is 0 Å². The Balaban J connectivity index is 1.43. The van der Waals surface area contributed by atoms with E-state index in [1.165, 1.54) is 64.3 Å². The van der Waals surface area contributed by atoms with Gasteiger partial charge in [-0.3, -0.25) is 0 Å². The molecular weight excluding hydrogens is 196 g/mol. The summed E-state index contributed by atoms with van der Waals surface area (Å²) >= 11 is 0. The van der Waals surface area contributed by atoms with E-state index >= 15 is 0 Å². The number of fused-ring (bicyclic) bond motifs is 1. The van der Waals surface area contributed by atoms with E-state index in [0.717, 1.165) is 24.0 Å². The predicted molar refractivity (Wildman–Crippen MR) is 67.5 cm³/mol. The fourth-order valence-corrected chi connectivity index (χ4v) is 3.66. The molecule has 3 aliphatic rings. The van der Waals surface area contributed by atoms with E-state index in [0.29, 0.717) is 0 Å². The van der Waals surface area contributed by atoms with Crippen molar-refractivity contribution in [1.82, 2.24) is 10.6 Å². The van der Waals surface area contributed by atoms with Gasteiger partial charge in [-0.15, -0.1) is 0 Å². The molecule has 2 saturated carbocycles. The first-order valence-corrected chi connectivity index (χ1v) is 7.41. The normalized spacial score (nSPS) is 40.1. The standard InChI is InChI=1S/C14H26N2/c1-2-7-14-11(4-1)8-9-13(16-14)10-15-12-5-3-6-12/h11-16H,1-10H2. The fraction of sp³-hybridized carbons (Fsp3) is 1.00. The van der Waals surface area contributed by atoms with Crippen molar-refractivity contribution in [2.24, 2.45) is 5.92 Å². The number of nitrogens with one attached hydrogen (secondary N) is 2. The topological polar surface area (TPSA) is 24.1 Å². The minimum absolute atomic E-state index is 0.764. The van der Waals surface area contributed by atoms with Crippen LogP contribution >= 0.6 is 0 Å². The summed E-state index contributed by atoms with van der Waals surface area (Å²) in [5.41, 5.74) is 0. The zero-order chi connectivity index (χ0) is 10.8. The van der Waals surface area contributed by atoms with Crippen LogP contribution in [0.5, 0.6) is 0 Å². The van der Waals surface area contributed by atoms with E-state index in [1.54, 1.807) is 0 Å². The van der Waals surface area contributed by atoms with E-state index in [1.807, 2.05) is 0 Å². The van der Waals surface area contributed by atoms with Crippen LogP contribution in [0.2, 0.25) is 0 Å². The van der Waals surface area contributed by atoms with E-state index in [9.17, 15) is 0 Å². The van der Waals surface area contributed by atoms with Crippen LogP contribution in [0.15, 0.2) is 0 Å². The first-order valence-electron chi connectivity index (χ1n) is 7.41. The maximum atomic E-state index is 3.90. The summed E-state index contributed by atoms with van der Waals surface area (Å²) in [4.78, 5) is 0. The molecule has 16 heavy (non-hydrogen) atoms. The van der Waals surface area contributed by atoms with Gasteiger partial charge in [0.1, 0.15) is 0 Å². The maximum absolute atomic E-state index is 3.90. The molecular formula is C14H26N2. The smallest absolute Gasteiger partial charge is 0.0195 e. The Hall–Kier alpha value is -0.0800. The number of rotatable bonds is 3. The fourth-order valence-electron chi connectivity index (χ4n) is 3.66. The Labute approximate surface area is 99.6 Å². The number of hydrogen-bond donors (Lipinski definition) is 2. The lowest BCUT2D eigenvalue weighted by atomic mass is 9.77. The molecule has 3 rings (SSSR count). The van der Waals surface area contributed by atoms with Gasteiger partial charge in [0.2, 0.25) is 0 Å². The van der Waals surface area contributed by atoms with Gasteiger partial charge in [0, 0.05) is 24.7 Å². The van der Waals surface area contributed by atoms with Gasteiger partial charge in [0.25, 0.3) is 0 Å². The van der Waals surface area contributed by atoms with Gasteiger partial charge in [0.05, 0.1) is 0 Å². The van der Waals surface area contributed by atoms with E-state index in [4.69, 9.17) is 0 Å². The summed E-state index contributed by atoms with van der Waals surface area (Å²) in [5, 5.41) is 7.62. The Bertz CT molecular complexity index is 225. The molecule has 0 amide bonds. The van der Waals surface area contributed by atoms with Gasteiger partial charge >= 0.3 is 0 Å². The first kappa shape index (κ1) is 11.0. The Morgan fingerprint density at radius 3 is 2.56 bits per heavy atom. The Morgan fingerprint density at radius 2 is 1.75 bits per heavy atom. The van der Waals surface area contributed by atoms with Gasteiger partial charge in [-0.25, -0.2) is 0 Å². The second-order valence-corrected chi connectivity index (χ2v) is 6.13. The largest absolute Gasteiger partial charge is 0.312 e. The zero-order valence-electron chi connectivity index (χ0n) is 10.4. The van der Waals surface area contributed by atoms with Crippen molar-refractivity contribution in [3.05, 3.63) is 0 Å². The molecule has 3 fully saturated rings. The highest BCUT2D eigenvalue weighted by atomic mass is 15.0. The van der Waals surface area contributed by atoms with Crippen LogP contribution in [0.3, 0.4) is 0 Å². The molecule has 0 aromatic rings. The third-order valence-electron chi connectivity index (χ3n) is 5.00. The van der Waals surface area contributed by atoms with Crippen LogP contribution in [-0.2, 0) is 0 Å². The summed E-state index contributed by atoms with van der Waals surface area (Å²) in [5.74, 6) is 1.01. The second kappa shape index (κ2) is 5.05. The van der Waals surface area contributed by atoms with Crippen molar-refractivity contribution in [3.63, 3.8) is 0 Å². The van der Waals surface area contributed by atoms with Crippen molar-refractivity contribution in [2.75, 3.05) is 6.54 Å². The lowest BCUT2D eigenvalue weighted by Gasteiger charge is -2.41. The molecule has 2 aliphatic carbocycles. The highest BCUT2D eigenvalue weighted by molar-refractivity contribution is 4.90. The summed E-state index contributed by atoms with van der Waals surface area (Å²) in [6.45, 7) is 1.22. The van der Waals surface area contributed by atoms with Crippen molar-refractivity contribution < 1.29 is 0 Å². The minimum atomic E-state index is 0.764. The van der Waals surface area contributed by atoms with Crippen LogP contribution in [-0.4, -0.2) is 24.7 Å². The number of piperidine rings is 1. The quantitative estimate of drug-likeness (QED) is 0.766. The molecule has 92 valence electrons. The van der Waals surface area contributed by atoms with Crippen molar-refractivity contribution in [3.8, 4) is 0 Å². The molecule has 1 saturated heterocycles. The molecule has 2 nitrogen and oxygen atoms in total. The van der Waals surface area contributed by atoms with E-state index in [2.05, 4.69) is 10.6 Å². The zero-order valence-corrected chi connectivity index (χ0v) is 10.4.